The zero-order valence-corrected chi connectivity index (χ0v) is 14.4. The van der Waals surface area contributed by atoms with Crippen molar-refractivity contribution in [3.63, 3.8) is 0 Å². The van der Waals surface area contributed by atoms with Crippen LogP contribution >= 0.6 is 0 Å². The molecular weight excluding hydrogens is 268 g/mol. The molecule has 0 radical (unpaired) electrons. The summed E-state index contributed by atoms with van der Waals surface area (Å²) in [5.41, 5.74) is -0.571. The Bertz CT molecular complexity index is 453. The number of rotatable bonds is 5. The van der Waals surface area contributed by atoms with E-state index in [1.165, 1.54) is 0 Å². The monoisotopic (exact) mass is 296 g/mol. The van der Waals surface area contributed by atoms with Gasteiger partial charge >= 0.3 is 0 Å². The first kappa shape index (κ1) is 18.0. The van der Waals surface area contributed by atoms with Gasteiger partial charge in [0.25, 0.3) is 0 Å². The summed E-state index contributed by atoms with van der Waals surface area (Å²) in [6.07, 6.45) is 0. The molecule has 0 atom stereocenters. The lowest BCUT2D eigenvalue weighted by Crippen LogP contribution is -2.30. The molecule has 0 fully saturated rings. The summed E-state index contributed by atoms with van der Waals surface area (Å²) in [6, 6.07) is 7.61. The topological polar surface area (TPSA) is 36.9 Å². The summed E-state index contributed by atoms with van der Waals surface area (Å²) >= 11 is 0. The van der Waals surface area contributed by atoms with Gasteiger partial charge in [0, 0.05) is 5.56 Å². The normalized spacial score (nSPS) is 13.3. The lowest BCUT2D eigenvalue weighted by molar-refractivity contribution is -0.402. The number of para-hydroxylation sites is 1. The molecule has 1 rings (SSSR count). The van der Waals surface area contributed by atoms with Crippen molar-refractivity contribution < 1.29 is 19.6 Å². The predicted octanol–water partition coefficient (Wildman–Crippen LogP) is 4.78. The summed E-state index contributed by atoms with van der Waals surface area (Å²) < 4.78 is 0. The lowest BCUT2D eigenvalue weighted by atomic mass is 9.97. The standard InChI is InChI=1S/C17H28O4/c1-15(2,3)19-18-14-12-10-9-11-13(14)17(7,8)21-20-16(4,5)6/h9-12H,1-8H3. The molecule has 21 heavy (non-hydrogen) atoms. The van der Waals surface area contributed by atoms with Gasteiger partial charge in [0.1, 0.15) is 11.2 Å². The Balaban J connectivity index is 2.90. The highest BCUT2D eigenvalue weighted by Crippen LogP contribution is 2.34. The van der Waals surface area contributed by atoms with Crippen LogP contribution in [0.5, 0.6) is 5.75 Å². The second kappa shape index (κ2) is 6.34. The molecule has 0 spiro atoms. The first-order valence-corrected chi connectivity index (χ1v) is 7.23. The number of hydrogen-bond acceptors (Lipinski definition) is 4. The first-order valence-electron chi connectivity index (χ1n) is 7.23. The van der Waals surface area contributed by atoms with Crippen LogP contribution < -0.4 is 4.89 Å². The molecule has 4 heteroatoms. The molecule has 1 aromatic rings. The van der Waals surface area contributed by atoms with E-state index in [1.807, 2.05) is 79.7 Å². The zero-order valence-electron chi connectivity index (χ0n) is 14.4. The molecular formula is C17H28O4. The third-order valence-corrected chi connectivity index (χ3v) is 2.42. The van der Waals surface area contributed by atoms with Gasteiger partial charge in [-0.05, 0) is 61.5 Å². The third kappa shape index (κ3) is 6.46. The van der Waals surface area contributed by atoms with Crippen LogP contribution in [0.2, 0.25) is 0 Å². The Morgan fingerprint density at radius 1 is 0.667 bits per heavy atom. The highest BCUT2D eigenvalue weighted by molar-refractivity contribution is 5.36. The van der Waals surface area contributed by atoms with Crippen molar-refractivity contribution in [1.82, 2.24) is 0 Å². The van der Waals surface area contributed by atoms with Crippen LogP contribution in [0.1, 0.15) is 61.0 Å². The van der Waals surface area contributed by atoms with E-state index in [4.69, 9.17) is 19.6 Å². The first-order chi connectivity index (χ1) is 9.41. The van der Waals surface area contributed by atoms with Crippen LogP contribution in [0.3, 0.4) is 0 Å². The molecule has 1 aromatic carbocycles. The van der Waals surface area contributed by atoms with Crippen LogP contribution in [0.4, 0.5) is 0 Å². The van der Waals surface area contributed by atoms with Crippen molar-refractivity contribution in [1.29, 1.82) is 0 Å². The maximum atomic E-state index is 5.62. The Labute approximate surface area is 128 Å². The highest BCUT2D eigenvalue weighted by atomic mass is 17.2. The average molecular weight is 296 g/mol. The Morgan fingerprint density at radius 2 is 1.19 bits per heavy atom. The molecule has 4 nitrogen and oxygen atoms in total. The quantitative estimate of drug-likeness (QED) is 0.579. The maximum Gasteiger partial charge on any atom is 0.171 e. The minimum Gasteiger partial charge on any atom is -0.337 e. The lowest BCUT2D eigenvalue weighted by Gasteiger charge is -2.30. The van der Waals surface area contributed by atoms with Gasteiger partial charge in [-0.25, -0.2) is 9.78 Å². The smallest absolute Gasteiger partial charge is 0.171 e. The van der Waals surface area contributed by atoms with Gasteiger partial charge < -0.3 is 4.89 Å². The molecule has 0 heterocycles. The molecule has 120 valence electrons. The molecule has 0 unspecified atom stereocenters. The predicted molar refractivity (Wildman–Crippen MR) is 82.9 cm³/mol. The van der Waals surface area contributed by atoms with Crippen LogP contribution in [-0.2, 0) is 20.3 Å². The third-order valence-electron chi connectivity index (χ3n) is 2.42. The largest absolute Gasteiger partial charge is 0.337 e. The summed E-state index contributed by atoms with van der Waals surface area (Å²) in [7, 11) is 0. The molecule has 0 saturated carbocycles. The van der Waals surface area contributed by atoms with Gasteiger partial charge in [0.2, 0.25) is 0 Å². The van der Waals surface area contributed by atoms with E-state index < -0.39 is 5.60 Å². The van der Waals surface area contributed by atoms with Crippen LogP contribution in [0, 0.1) is 0 Å². The number of benzene rings is 1. The van der Waals surface area contributed by atoms with Gasteiger partial charge in [-0.15, -0.1) is 0 Å². The minimum atomic E-state index is -0.662. The summed E-state index contributed by atoms with van der Waals surface area (Å²) in [5, 5.41) is 0. The van der Waals surface area contributed by atoms with Crippen molar-refractivity contribution in [2.75, 3.05) is 0 Å². The van der Waals surface area contributed by atoms with Crippen LogP contribution in [-0.4, -0.2) is 11.2 Å². The average Bonchev–Trinajstić information content (AvgIpc) is 2.33. The van der Waals surface area contributed by atoms with E-state index in [9.17, 15) is 0 Å². The molecule has 0 aromatic heterocycles. The minimum absolute atomic E-state index is 0.380. The molecule has 0 saturated heterocycles. The molecule has 0 bridgehead atoms. The maximum absolute atomic E-state index is 5.62. The van der Waals surface area contributed by atoms with Crippen molar-refractivity contribution in [2.45, 2.75) is 72.2 Å². The van der Waals surface area contributed by atoms with Crippen molar-refractivity contribution in [2.24, 2.45) is 0 Å². The van der Waals surface area contributed by atoms with Gasteiger partial charge in [0.15, 0.2) is 5.75 Å². The van der Waals surface area contributed by atoms with Crippen molar-refractivity contribution in [3.8, 4) is 5.75 Å². The molecule has 0 N–H and O–H groups in total. The molecule has 0 aliphatic carbocycles. The number of hydrogen-bond donors (Lipinski definition) is 0. The second-order valence-electron chi connectivity index (χ2n) is 7.56. The van der Waals surface area contributed by atoms with Gasteiger partial charge in [-0.2, -0.15) is 4.89 Å². The van der Waals surface area contributed by atoms with E-state index >= 15 is 0 Å². The van der Waals surface area contributed by atoms with E-state index in [2.05, 4.69) is 0 Å². The molecule has 0 aliphatic heterocycles. The fourth-order valence-electron chi connectivity index (χ4n) is 1.48. The molecule has 0 amide bonds. The second-order valence-corrected chi connectivity index (χ2v) is 7.56. The van der Waals surface area contributed by atoms with E-state index in [0.29, 0.717) is 5.75 Å². The Morgan fingerprint density at radius 3 is 1.71 bits per heavy atom. The zero-order chi connectivity index (χ0) is 16.3. The molecule has 0 aliphatic rings. The van der Waals surface area contributed by atoms with Gasteiger partial charge in [0.05, 0.1) is 5.60 Å². The van der Waals surface area contributed by atoms with E-state index in [0.717, 1.165) is 5.56 Å². The Kier molecular flexibility index (Phi) is 5.42. The summed E-state index contributed by atoms with van der Waals surface area (Å²) in [4.78, 5) is 22.0. The fraction of sp³-hybridized carbons (Fsp3) is 0.647. The van der Waals surface area contributed by atoms with E-state index in [-0.39, 0.29) is 11.2 Å². The highest BCUT2D eigenvalue weighted by Gasteiger charge is 2.30. The van der Waals surface area contributed by atoms with Gasteiger partial charge in [-0.1, -0.05) is 18.2 Å². The Hall–Kier alpha value is -1.10. The summed E-state index contributed by atoms with van der Waals surface area (Å²) in [5.74, 6) is 0.620. The van der Waals surface area contributed by atoms with Crippen molar-refractivity contribution >= 4 is 0 Å². The fourth-order valence-corrected chi connectivity index (χ4v) is 1.48. The van der Waals surface area contributed by atoms with Crippen LogP contribution in [0.25, 0.3) is 0 Å². The van der Waals surface area contributed by atoms with E-state index in [1.54, 1.807) is 0 Å². The van der Waals surface area contributed by atoms with Crippen molar-refractivity contribution in [3.05, 3.63) is 29.8 Å². The van der Waals surface area contributed by atoms with Gasteiger partial charge in [-0.3, -0.25) is 0 Å². The summed E-state index contributed by atoms with van der Waals surface area (Å²) in [6.45, 7) is 15.5. The SMILES string of the molecule is CC(C)(C)OOc1ccccc1C(C)(C)OOC(C)(C)C. The van der Waals surface area contributed by atoms with Crippen LogP contribution in [0.15, 0.2) is 24.3 Å².